The molecule has 0 aliphatic rings. The average Bonchev–Trinajstić information content (AvgIpc) is 2.00. The van der Waals surface area contributed by atoms with E-state index in [1.54, 1.807) is 6.08 Å². The van der Waals surface area contributed by atoms with Crippen LogP contribution in [0.1, 0.15) is 26.7 Å². The lowest BCUT2D eigenvalue weighted by Gasteiger charge is -1.99. The second-order valence-electron chi connectivity index (χ2n) is 2.31. The summed E-state index contributed by atoms with van der Waals surface area (Å²) in [5.74, 6) is -0.163. The molecular formula is C10H15F. The van der Waals surface area contributed by atoms with Gasteiger partial charge in [-0.25, -0.2) is 4.39 Å². The molecule has 1 heteroatoms. The number of allylic oxidation sites excluding steroid dienone is 5. The minimum Gasteiger partial charge on any atom is -0.207 e. The second kappa shape index (κ2) is 5.90. The SMILES string of the molecule is C=C/C=C(F)\C(=C/C)CCC. The molecule has 0 unspecified atom stereocenters. The lowest BCUT2D eigenvalue weighted by atomic mass is 10.1. The molecule has 0 aromatic carbocycles. The standard InChI is InChI=1S/C10H15F/c1-4-7-9(6-3)10(11)8-5-2/h5-6,8H,2,4,7H2,1,3H3/b9-6-,10-8+. The van der Waals surface area contributed by atoms with Gasteiger partial charge in [-0.05, 0) is 25.0 Å². The van der Waals surface area contributed by atoms with Crippen LogP contribution in [-0.2, 0) is 0 Å². The van der Waals surface area contributed by atoms with Gasteiger partial charge < -0.3 is 0 Å². The fourth-order valence-electron chi connectivity index (χ4n) is 0.881. The number of hydrogen-bond donors (Lipinski definition) is 0. The molecule has 0 saturated carbocycles. The molecule has 0 bridgehead atoms. The third kappa shape index (κ3) is 3.76. The lowest BCUT2D eigenvalue weighted by molar-refractivity contribution is 0.635. The van der Waals surface area contributed by atoms with Gasteiger partial charge in [0.05, 0.1) is 0 Å². The largest absolute Gasteiger partial charge is 0.207 e. The molecule has 0 aromatic rings. The summed E-state index contributed by atoms with van der Waals surface area (Å²) in [5.41, 5.74) is 0.771. The van der Waals surface area contributed by atoms with E-state index in [0.717, 1.165) is 18.4 Å². The zero-order valence-electron chi connectivity index (χ0n) is 7.23. The van der Waals surface area contributed by atoms with E-state index in [1.807, 2.05) is 13.8 Å². The van der Waals surface area contributed by atoms with Crippen LogP contribution < -0.4 is 0 Å². The van der Waals surface area contributed by atoms with Crippen LogP contribution in [0.2, 0.25) is 0 Å². The van der Waals surface area contributed by atoms with Crippen molar-refractivity contribution in [1.82, 2.24) is 0 Å². The number of rotatable bonds is 4. The van der Waals surface area contributed by atoms with Crippen molar-refractivity contribution in [3.8, 4) is 0 Å². The molecule has 0 spiro atoms. The highest BCUT2D eigenvalue weighted by Gasteiger charge is 1.99. The van der Waals surface area contributed by atoms with Gasteiger partial charge in [0, 0.05) is 0 Å². The summed E-state index contributed by atoms with van der Waals surface area (Å²) in [4.78, 5) is 0. The van der Waals surface area contributed by atoms with Crippen LogP contribution >= 0.6 is 0 Å². The molecule has 0 fully saturated rings. The Morgan fingerprint density at radius 2 is 2.18 bits per heavy atom. The van der Waals surface area contributed by atoms with Gasteiger partial charge in [-0.15, -0.1) is 0 Å². The Hall–Kier alpha value is -0.850. The molecule has 0 aliphatic carbocycles. The van der Waals surface area contributed by atoms with Crippen molar-refractivity contribution >= 4 is 0 Å². The van der Waals surface area contributed by atoms with Crippen LogP contribution in [0.5, 0.6) is 0 Å². The first-order valence-electron chi connectivity index (χ1n) is 3.90. The highest BCUT2D eigenvalue weighted by atomic mass is 19.1. The van der Waals surface area contributed by atoms with Crippen LogP contribution in [0.25, 0.3) is 0 Å². The summed E-state index contributed by atoms with van der Waals surface area (Å²) in [5, 5.41) is 0. The molecule has 0 atom stereocenters. The zero-order chi connectivity index (χ0) is 8.69. The van der Waals surface area contributed by atoms with Crippen molar-refractivity contribution < 1.29 is 4.39 Å². The maximum atomic E-state index is 13.0. The van der Waals surface area contributed by atoms with Gasteiger partial charge in [0.2, 0.25) is 0 Å². The van der Waals surface area contributed by atoms with Crippen LogP contribution in [-0.4, -0.2) is 0 Å². The molecule has 0 radical (unpaired) electrons. The molecule has 0 N–H and O–H groups in total. The Balaban J connectivity index is 4.26. The van der Waals surface area contributed by atoms with Crippen LogP contribution in [0.4, 0.5) is 4.39 Å². The predicted octanol–water partition coefficient (Wildman–Crippen LogP) is 3.77. The summed E-state index contributed by atoms with van der Waals surface area (Å²) >= 11 is 0. The first kappa shape index (κ1) is 10.2. The van der Waals surface area contributed by atoms with Gasteiger partial charge in [0.15, 0.2) is 0 Å². The van der Waals surface area contributed by atoms with Gasteiger partial charge in [-0.1, -0.05) is 32.1 Å². The number of halogens is 1. The van der Waals surface area contributed by atoms with Crippen LogP contribution in [0.3, 0.4) is 0 Å². The number of hydrogen-bond acceptors (Lipinski definition) is 0. The maximum absolute atomic E-state index is 13.0. The third-order valence-electron chi connectivity index (χ3n) is 1.44. The molecular weight excluding hydrogens is 139 g/mol. The normalized spacial score (nSPS) is 13.4. The van der Waals surface area contributed by atoms with Crippen molar-refractivity contribution in [2.24, 2.45) is 0 Å². The first-order chi connectivity index (χ1) is 5.26. The van der Waals surface area contributed by atoms with Crippen molar-refractivity contribution in [3.63, 3.8) is 0 Å². The molecule has 11 heavy (non-hydrogen) atoms. The minimum atomic E-state index is -0.163. The Kier molecular flexibility index (Phi) is 5.44. The topological polar surface area (TPSA) is 0 Å². The van der Waals surface area contributed by atoms with E-state index in [4.69, 9.17) is 0 Å². The van der Waals surface area contributed by atoms with E-state index in [-0.39, 0.29) is 5.83 Å². The molecule has 62 valence electrons. The second-order valence-corrected chi connectivity index (χ2v) is 2.31. The smallest absolute Gasteiger partial charge is 0.126 e. The van der Waals surface area contributed by atoms with E-state index in [1.165, 1.54) is 12.2 Å². The maximum Gasteiger partial charge on any atom is 0.126 e. The van der Waals surface area contributed by atoms with Crippen LogP contribution in [0.15, 0.2) is 36.2 Å². The van der Waals surface area contributed by atoms with E-state index in [2.05, 4.69) is 6.58 Å². The third-order valence-corrected chi connectivity index (χ3v) is 1.44. The van der Waals surface area contributed by atoms with Crippen molar-refractivity contribution in [2.75, 3.05) is 0 Å². The quantitative estimate of drug-likeness (QED) is 0.541. The summed E-state index contributed by atoms with van der Waals surface area (Å²) in [7, 11) is 0. The fourth-order valence-corrected chi connectivity index (χ4v) is 0.881. The zero-order valence-corrected chi connectivity index (χ0v) is 7.23. The Bertz CT molecular complexity index is 175. The molecule has 0 saturated heterocycles. The minimum absolute atomic E-state index is 0.163. The van der Waals surface area contributed by atoms with Gasteiger partial charge >= 0.3 is 0 Å². The van der Waals surface area contributed by atoms with E-state index >= 15 is 0 Å². The van der Waals surface area contributed by atoms with Crippen LogP contribution in [0, 0.1) is 0 Å². The van der Waals surface area contributed by atoms with Gasteiger partial charge in [0.25, 0.3) is 0 Å². The van der Waals surface area contributed by atoms with Gasteiger partial charge in [-0.3, -0.25) is 0 Å². The van der Waals surface area contributed by atoms with E-state index in [9.17, 15) is 4.39 Å². The highest BCUT2D eigenvalue weighted by Crippen LogP contribution is 2.16. The molecule has 0 aliphatic heterocycles. The summed E-state index contributed by atoms with van der Waals surface area (Å²) in [6.45, 7) is 7.32. The molecule has 0 heterocycles. The Morgan fingerprint density at radius 1 is 1.55 bits per heavy atom. The van der Waals surface area contributed by atoms with Gasteiger partial charge in [0.1, 0.15) is 5.83 Å². The highest BCUT2D eigenvalue weighted by molar-refractivity contribution is 5.27. The summed E-state index contributed by atoms with van der Waals surface area (Å²) in [6, 6.07) is 0. The molecule has 0 amide bonds. The summed E-state index contributed by atoms with van der Waals surface area (Å²) < 4.78 is 13.0. The fraction of sp³-hybridized carbons (Fsp3) is 0.400. The molecule has 0 nitrogen and oxygen atoms in total. The molecule has 0 rings (SSSR count). The monoisotopic (exact) mass is 154 g/mol. The average molecular weight is 154 g/mol. The van der Waals surface area contributed by atoms with Gasteiger partial charge in [-0.2, -0.15) is 0 Å². The summed E-state index contributed by atoms with van der Waals surface area (Å²) in [6.07, 6.45) is 6.43. The van der Waals surface area contributed by atoms with Crippen molar-refractivity contribution in [2.45, 2.75) is 26.7 Å². The first-order valence-corrected chi connectivity index (χ1v) is 3.90. The lowest BCUT2D eigenvalue weighted by Crippen LogP contribution is -1.82. The predicted molar refractivity (Wildman–Crippen MR) is 48.1 cm³/mol. The van der Waals surface area contributed by atoms with E-state index in [0.29, 0.717) is 0 Å². The molecule has 0 aromatic heterocycles. The Labute approximate surface area is 68.1 Å². The Morgan fingerprint density at radius 3 is 2.55 bits per heavy atom. The van der Waals surface area contributed by atoms with Crippen molar-refractivity contribution in [3.05, 3.63) is 36.2 Å². The van der Waals surface area contributed by atoms with E-state index < -0.39 is 0 Å². The van der Waals surface area contributed by atoms with Crippen molar-refractivity contribution in [1.29, 1.82) is 0 Å².